The van der Waals surface area contributed by atoms with E-state index in [0.717, 1.165) is 6.07 Å². The summed E-state index contributed by atoms with van der Waals surface area (Å²) in [5, 5.41) is 8.76. The fraction of sp³-hybridized carbons (Fsp3) is 0.619. The zero-order valence-electron chi connectivity index (χ0n) is 18.0. The molecule has 1 aromatic carbocycles. The highest BCUT2D eigenvalue weighted by Gasteiger charge is 2.52. The van der Waals surface area contributed by atoms with Gasteiger partial charge in [-0.2, -0.15) is 26.2 Å². The van der Waals surface area contributed by atoms with E-state index in [1.54, 1.807) is 18.4 Å². The molecule has 0 saturated carbocycles. The topological polar surface area (TPSA) is 94.7 Å². The molecule has 1 aromatic rings. The van der Waals surface area contributed by atoms with E-state index in [0.29, 0.717) is 37.5 Å². The SMILES string of the molecule is CC1=[N+](CCCCS(=O)(=O)O)c2cc(F)cc(C(F)(F)F)c2C1(C)CCCCCC(=O)O. The van der Waals surface area contributed by atoms with Crippen LogP contribution in [-0.4, -0.2) is 46.6 Å². The maximum absolute atomic E-state index is 14.2. The predicted octanol–water partition coefficient (Wildman–Crippen LogP) is 4.92. The lowest BCUT2D eigenvalue weighted by atomic mass is 9.74. The van der Waals surface area contributed by atoms with Gasteiger partial charge in [0.05, 0.1) is 22.3 Å². The highest BCUT2D eigenvalue weighted by molar-refractivity contribution is 7.85. The van der Waals surface area contributed by atoms with Crippen molar-refractivity contribution in [3.63, 3.8) is 0 Å². The lowest BCUT2D eigenvalue weighted by Crippen LogP contribution is -2.32. The van der Waals surface area contributed by atoms with Crippen LogP contribution >= 0.6 is 0 Å². The molecule has 32 heavy (non-hydrogen) atoms. The Labute approximate surface area is 184 Å². The molecule has 1 heterocycles. The fourth-order valence-corrected chi connectivity index (χ4v) is 4.92. The van der Waals surface area contributed by atoms with E-state index in [2.05, 4.69) is 0 Å². The van der Waals surface area contributed by atoms with Crippen LogP contribution in [0.25, 0.3) is 0 Å². The second-order valence-corrected chi connectivity index (χ2v) is 9.93. The van der Waals surface area contributed by atoms with Crippen LogP contribution in [0.15, 0.2) is 12.1 Å². The number of hydrogen-bond acceptors (Lipinski definition) is 3. The Kier molecular flexibility index (Phi) is 8.09. The lowest BCUT2D eigenvalue weighted by Gasteiger charge is -2.25. The molecular weight excluding hydrogens is 454 g/mol. The van der Waals surface area contributed by atoms with Gasteiger partial charge in [0, 0.05) is 25.8 Å². The minimum absolute atomic E-state index is 0.0167. The second-order valence-electron chi connectivity index (χ2n) is 8.36. The van der Waals surface area contributed by atoms with Gasteiger partial charge in [0.15, 0.2) is 5.71 Å². The van der Waals surface area contributed by atoms with Crippen molar-refractivity contribution in [2.45, 2.75) is 70.4 Å². The highest BCUT2D eigenvalue weighted by Crippen LogP contribution is 2.49. The van der Waals surface area contributed by atoms with Crippen molar-refractivity contribution in [3.8, 4) is 0 Å². The minimum Gasteiger partial charge on any atom is -0.481 e. The van der Waals surface area contributed by atoms with E-state index in [1.807, 2.05) is 0 Å². The van der Waals surface area contributed by atoms with Gasteiger partial charge >= 0.3 is 12.1 Å². The van der Waals surface area contributed by atoms with Crippen molar-refractivity contribution in [3.05, 3.63) is 29.1 Å². The molecule has 2 rings (SSSR count). The summed E-state index contributed by atoms with van der Waals surface area (Å²) in [5.74, 6) is -2.42. The normalized spacial score (nSPS) is 18.8. The summed E-state index contributed by atoms with van der Waals surface area (Å²) in [4.78, 5) is 10.7. The van der Waals surface area contributed by atoms with Crippen LogP contribution in [0.1, 0.15) is 69.9 Å². The summed E-state index contributed by atoms with van der Waals surface area (Å²) in [6.45, 7) is 3.52. The summed E-state index contributed by atoms with van der Waals surface area (Å²) in [6, 6.07) is 1.56. The number of hydrogen-bond donors (Lipinski definition) is 2. The maximum atomic E-state index is 14.2. The van der Waals surface area contributed by atoms with Crippen molar-refractivity contribution in [1.82, 2.24) is 0 Å². The molecular formula is C21H28F4NO5S+. The van der Waals surface area contributed by atoms with Crippen LogP contribution in [0.2, 0.25) is 0 Å². The zero-order valence-corrected chi connectivity index (χ0v) is 18.8. The first-order valence-electron chi connectivity index (χ1n) is 10.4. The third-order valence-electron chi connectivity index (χ3n) is 6.04. The predicted molar refractivity (Wildman–Crippen MR) is 111 cm³/mol. The molecule has 180 valence electrons. The van der Waals surface area contributed by atoms with Crippen LogP contribution in [0.3, 0.4) is 0 Å². The van der Waals surface area contributed by atoms with E-state index in [4.69, 9.17) is 9.66 Å². The molecule has 0 aromatic heterocycles. The number of alkyl halides is 3. The van der Waals surface area contributed by atoms with E-state index in [9.17, 15) is 30.8 Å². The van der Waals surface area contributed by atoms with Gasteiger partial charge in [-0.05, 0) is 32.3 Å². The van der Waals surface area contributed by atoms with Crippen molar-refractivity contribution >= 4 is 27.5 Å². The van der Waals surface area contributed by atoms with Gasteiger partial charge in [-0.1, -0.05) is 12.8 Å². The number of halogens is 4. The highest BCUT2D eigenvalue weighted by atomic mass is 32.2. The molecule has 0 radical (unpaired) electrons. The smallest absolute Gasteiger partial charge is 0.417 e. The van der Waals surface area contributed by atoms with Crippen LogP contribution < -0.4 is 0 Å². The number of nitrogens with zero attached hydrogens (tertiary/aromatic N) is 1. The third kappa shape index (κ3) is 6.28. The van der Waals surface area contributed by atoms with E-state index < -0.39 is 44.8 Å². The van der Waals surface area contributed by atoms with Crippen LogP contribution in [0, 0.1) is 5.82 Å². The van der Waals surface area contributed by atoms with Crippen molar-refractivity contribution < 1.29 is 45.0 Å². The number of carbonyl (C=O) groups is 1. The lowest BCUT2D eigenvalue weighted by molar-refractivity contribution is -0.439. The van der Waals surface area contributed by atoms with Crippen molar-refractivity contribution in [2.75, 3.05) is 12.3 Å². The molecule has 1 aliphatic rings. The van der Waals surface area contributed by atoms with E-state index >= 15 is 0 Å². The Morgan fingerprint density at radius 1 is 1.12 bits per heavy atom. The Hall–Kier alpha value is -2.01. The van der Waals surface area contributed by atoms with Crippen molar-refractivity contribution in [2.24, 2.45) is 0 Å². The standard InChI is InChI=1S/C21H27F4NO5S/c1-14-20(2,9-5-3-4-8-18(27)28)19-16(21(23,24)25)12-15(22)13-17(19)26(14)10-6-7-11-32(29,30)31/h12-13H,3-11H2,1-2H3,(H-,27,28,29,30,31)/p+1. The van der Waals surface area contributed by atoms with Crippen LogP contribution in [-0.2, 0) is 26.5 Å². The van der Waals surface area contributed by atoms with E-state index in [1.165, 1.54) is 0 Å². The first-order valence-corrected chi connectivity index (χ1v) is 12.0. The average molecular weight is 483 g/mol. The zero-order chi connectivity index (χ0) is 24.3. The summed E-state index contributed by atoms with van der Waals surface area (Å²) >= 11 is 0. The van der Waals surface area contributed by atoms with Crippen molar-refractivity contribution in [1.29, 1.82) is 0 Å². The number of benzene rings is 1. The number of aliphatic carboxylic acids is 1. The number of fused-ring (bicyclic) bond motifs is 1. The van der Waals surface area contributed by atoms with Gasteiger partial charge in [-0.25, -0.2) is 4.39 Å². The monoisotopic (exact) mass is 482 g/mol. The molecule has 1 unspecified atom stereocenters. The number of rotatable bonds is 11. The largest absolute Gasteiger partial charge is 0.481 e. The molecule has 1 aliphatic heterocycles. The third-order valence-corrected chi connectivity index (χ3v) is 6.84. The molecule has 11 heteroatoms. The molecule has 0 aliphatic carbocycles. The molecule has 0 bridgehead atoms. The maximum Gasteiger partial charge on any atom is 0.417 e. The number of carboxylic acid groups (broad SMARTS) is 1. The quantitative estimate of drug-likeness (QED) is 0.202. The summed E-state index contributed by atoms with van der Waals surface area (Å²) in [5.41, 5.74) is -1.40. The van der Waals surface area contributed by atoms with Gasteiger partial charge in [0.2, 0.25) is 5.69 Å². The molecule has 0 saturated heterocycles. The summed E-state index contributed by atoms with van der Waals surface area (Å²) in [7, 11) is -4.15. The Morgan fingerprint density at radius 2 is 1.78 bits per heavy atom. The van der Waals surface area contributed by atoms with Gasteiger partial charge < -0.3 is 5.11 Å². The Bertz CT molecular complexity index is 1000. The van der Waals surface area contributed by atoms with Gasteiger partial charge in [-0.15, -0.1) is 0 Å². The first-order chi connectivity index (χ1) is 14.7. The number of carboxylic acids is 1. The fourth-order valence-electron chi connectivity index (χ4n) is 4.35. The molecule has 1 atom stereocenters. The summed E-state index contributed by atoms with van der Waals surface area (Å²) in [6.07, 6.45) is -2.66. The Morgan fingerprint density at radius 3 is 2.34 bits per heavy atom. The van der Waals surface area contributed by atoms with Gasteiger partial charge in [0.1, 0.15) is 12.4 Å². The molecule has 0 spiro atoms. The van der Waals surface area contributed by atoms with Gasteiger partial charge in [0.25, 0.3) is 10.1 Å². The second kappa shape index (κ2) is 9.86. The molecule has 0 fully saturated rings. The first kappa shape index (κ1) is 26.2. The summed E-state index contributed by atoms with van der Waals surface area (Å²) < 4.78 is 88.0. The molecule has 2 N–H and O–H groups in total. The van der Waals surface area contributed by atoms with Gasteiger partial charge in [-0.3, -0.25) is 9.35 Å². The van der Waals surface area contributed by atoms with Crippen LogP contribution in [0.5, 0.6) is 0 Å². The average Bonchev–Trinajstić information content (AvgIpc) is 2.84. The minimum atomic E-state index is -4.77. The van der Waals surface area contributed by atoms with Crippen LogP contribution in [0.4, 0.5) is 23.2 Å². The van der Waals surface area contributed by atoms with E-state index in [-0.39, 0.29) is 37.1 Å². The Balaban J connectivity index is 2.39. The molecule has 6 nitrogen and oxygen atoms in total. The number of unbranched alkanes of at least 4 members (excludes halogenated alkanes) is 3. The molecule has 0 amide bonds.